The molecule has 0 saturated carbocycles. The van der Waals surface area contributed by atoms with Crippen molar-refractivity contribution in [2.45, 2.75) is 17.9 Å². The SMILES string of the molecule is Nc1ncc(C(=O)NCCc2ccc(S(N)(=O)=O)cc2)cc1OCc1c(Cl)cccc1Cl. The van der Waals surface area contributed by atoms with E-state index in [1.54, 1.807) is 30.3 Å². The first-order valence-electron chi connectivity index (χ1n) is 9.36. The number of sulfonamides is 1. The monoisotopic (exact) mass is 494 g/mol. The fourth-order valence-corrected chi connectivity index (χ4v) is 3.81. The van der Waals surface area contributed by atoms with Crippen LogP contribution in [0.4, 0.5) is 5.82 Å². The predicted octanol–water partition coefficient (Wildman–Crippen LogP) is 3.17. The number of primary sulfonamides is 1. The van der Waals surface area contributed by atoms with Crippen LogP contribution in [-0.2, 0) is 23.1 Å². The van der Waals surface area contributed by atoms with Crippen molar-refractivity contribution in [3.8, 4) is 5.75 Å². The topological polar surface area (TPSA) is 137 Å². The van der Waals surface area contributed by atoms with E-state index in [1.165, 1.54) is 24.4 Å². The van der Waals surface area contributed by atoms with Crippen LogP contribution < -0.4 is 20.9 Å². The Balaban J connectivity index is 1.60. The molecule has 0 bridgehead atoms. The van der Waals surface area contributed by atoms with Crippen molar-refractivity contribution in [3.05, 3.63) is 81.5 Å². The molecule has 5 N–H and O–H groups in total. The van der Waals surface area contributed by atoms with E-state index in [9.17, 15) is 13.2 Å². The maximum absolute atomic E-state index is 12.5. The number of halogens is 2. The van der Waals surface area contributed by atoms with Crippen LogP contribution in [0.3, 0.4) is 0 Å². The maximum Gasteiger partial charge on any atom is 0.252 e. The number of nitrogens with zero attached hydrogens (tertiary/aromatic N) is 1. The molecule has 168 valence electrons. The summed E-state index contributed by atoms with van der Waals surface area (Å²) < 4.78 is 28.3. The van der Waals surface area contributed by atoms with Gasteiger partial charge in [0.05, 0.1) is 10.5 Å². The summed E-state index contributed by atoms with van der Waals surface area (Å²) in [6.07, 6.45) is 1.84. The molecule has 0 atom stereocenters. The number of nitrogen functional groups attached to an aromatic ring is 1. The number of nitrogens with two attached hydrogens (primary N) is 2. The van der Waals surface area contributed by atoms with Crippen LogP contribution in [0.25, 0.3) is 0 Å². The molecule has 0 aliphatic rings. The summed E-state index contributed by atoms with van der Waals surface area (Å²) >= 11 is 12.3. The smallest absolute Gasteiger partial charge is 0.252 e. The lowest BCUT2D eigenvalue weighted by molar-refractivity contribution is 0.0953. The van der Waals surface area contributed by atoms with Gasteiger partial charge in [-0.25, -0.2) is 18.5 Å². The summed E-state index contributed by atoms with van der Waals surface area (Å²) in [7, 11) is -3.74. The summed E-state index contributed by atoms with van der Waals surface area (Å²) in [4.78, 5) is 16.5. The van der Waals surface area contributed by atoms with E-state index < -0.39 is 10.0 Å². The van der Waals surface area contributed by atoms with E-state index in [0.717, 1.165) is 5.56 Å². The lowest BCUT2D eigenvalue weighted by atomic mass is 10.1. The first-order valence-corrected chi connectivity index (χ1v) is 11.7. The summed E-state index contributed by atoms with van der Waals surface area (Å²) in [5, 5.41) is 8.76. The lowest BCUT2D eigenvalue weighted by Gasteiger charge is -2.12. The number of amides is 1. The number of ether oxygens (including phenoxy) is 1. The van der Waals surface area contributed by atoms with Crippen LogP contribution in [-0.4, -0.2) is 25.9 Å². The summed E-state index contributed by atoms with van der Waals surface area (Å²) in [6.45, 7) is 0.382. The first-order chi connectivity index (χ1) is 15.1. The second-order valence-corrected chi connectivity index (χ2v) is 9.17. The second kappa shape index (κ2) is 10.2. The molecule has 8 nitrogen and oxygen atoms in total. The third-order valence-corrected chi connectivity index (χ3v) is 6.17. The third-order valence-electron chi connectivity index (χ3n) is 4.53. The van der Waals surface area contributed by atoms with Crippen LogP contribution >= 0.6 is 23.2 Å². The minimum absolute atomic E-state index is 0.0313. The van der Waals surface area contributed by atoms with Gasteiger partial charge in [0, 0.05) is 28.4 Å². The van der Waals surface area contributed by atoms with Crippen LogP contribution in [0.5, 0.6) is 5.75 Å². The highest BCUT2D eigenvalue weighted by atomic mass is 35.5. The molecule has 0 aliphatic heterocycles. The Labute approximate surface area is 195 Å². The number of nitrogens with one attached hydrogen (secondary N) is 1. The van der Waals surface area contributed by atoms with E-state index in [-0.39, 0.29) is 34.5 Å². The van der Waals surface area contributed by atoms with Gasteiger partial charge in [0.25, 0.3) is 5.91 Å². The minimum Gasteiger partial charge on any atom is -0.485 e. The highest BCUT2D eigenvalue weighted by Gasteiger charge is 2.13. The van der Waals surface area contributed by atoms with Gasteiger partial charge in [-0.3, -0.25) is 4.79 Å². The van der Waals surface area contributed by atoms with Crippen molar-refractivity contribution in [2.24, 2.45) is 5.14 Å². The average molecular weight is 495 g/mol. The number of aromatic nitrogens is 1. The molecule has 0 unspecified atom stereocenters. The summed E-state index contributed by atoms with van der Waals surface area (Å²) in [6, 6.07) is 12.7. The zero-order valence-corrected chi connectivity index (χ0v) is 19.0. The van der Waals surface area contributed by atoms with Gasteiger partial charge in [-0.1, -0.05) is 41.4 Å². The van der Waals surface area contributed by atoms with E-state index >= 15 is 0 Å². The number of benzene rings is 2. The Bertz CT molecular complexity index is 1210. The molecule has 0 saturated heterocycles. The van der Waals surface area contributed by atoms with E-state index in [0.29, 0.717) is 28.6 Å². The van der Waals surface area contributed by atoms with E-state index in [1.807, 2.05) is 0 Å². The highest BCUT2D eigenvalue weighted by molar-refractivity contribution is 7.89. The predicted molar refractivity (Wildman–Crippen MR) is 123 cm³/mol. The van der Waals surface area contributed by atoms with Gasteiger partial charge >= 0.3 is 0 Å². The zero-order chi connectivity index (χ0) is 23.3. The highest BCUT2D eigenvalue weighted by Crippen LogP contribution is 2.27. The van der Waals surface area contributed by atoms with Gasteiger partial charge < -0.3 is 15.8 Å². The molecule has 3 rings (SSSR count). The van der Waals surface area contributed by atoms with Crippen LogP contribution in [0.15, 0.2) is 59.6 Å². The molecular weight excluding hydrogens is 475 g/mol. The number of pyridine rings is 1. The van der Waals surface area contributed by atoms with E-state index in [4.69, 9.17) is 38.8 Å². The molecule has 32 heavy (non-hydrogen) atoms. The maximum atomic E-state index is 12.5. The molecule has 1 heterocycles. The van der Waals surface area contributed by atoms with Gasteiger partial charge in [0.15, 0.2) is 11.6 Å². The zero-order valence-electron chi connectivity index (χ0n) is 16.7. The standard InChI is InChI=1S/C21H20Cl2N4O4S/c22-17-2-1-3-18(23)16(17)12-31-19-10-14(11-27-20(19)24)21(28)26-9-8-13-4-6-15(7-5-13)32(25,29)30/h1-7,10-11H,8-9,12H2,(H2,24,27)(H,26,28)(H2,25,29,30). The summed E-state index contributed by atoms with van der Waals surface area (Å²) in [5.74, 6) is -0.00817. The Hall–Kier alpha value is -2.85. The van der Waals surface area contributed by atoms with Crippen molar-refractivity contribution in [1.29, 1.82) is 0 Å². The van der Waals surface area contributed by atoms with Crippen molar-refractivity contribution in [3.63, 3.8) is 0 Å². The molecule has 11 heteroatoms. The van der Waals surface area contributed by atoms with Gasteiger partial charge in [0.2, 0.25) is 10.0 Å². The average Bonchev–Trinajstić information content (AvgIpc) is 2.74. The molecule has 1 aromatic heterocycles. The van der Waals surface area contributed by atoms with Crippen molar-refractivity contribution >= 4 is 45.0 Å². The molecule has 0 aliphatic carbocycles. The second-order valence-electron chi connectivity index (χ2n) is 6.79. The molecule has 0 radical (unpaired) electrons. The molecule has 0 spiro atoms. The van der Waals surface area contributed by atoms with Gasteiger partial charge in [-0.15, -0.1) is 0 Å². The number of rotatable bonds is 8. The van der Waals surface area contributed by atoms with Crippen LogP contribution in [0, 0.1) is 0 Å². The van der Waals surface area contributed by atoms with Crippen LogP contribution in [0.2, 0.25) is 10.0 Å². The molecule has 2 aromatic carbocycles. The normalized spacial score (nSPS) is 11.2. The van der Waals surface area contributed by atoms with Crippen molar-refractivity contribution < 1.29 is 17.9 Å². The molecule has 1 amide bonds. The van der Waals surface area contributed by atoms with Gasteiger partial charge in [0.1, 0.15) is 6.61 Å². The van der Waals surface area contributed by atoms with Gasteiger partial charge in [-0.2, -0.15) is 0 Å². The lowest BCUT2D eigenvalue weighted by Crippen LogP contribution is -2.26. The minimum atomic E-state index is -3.74. The molecule has 3 aromatic rings. The Morgan fingerprint density at radius 1 is 1.09 bits per heavy atom. The Morgan fingerprint density at radius 2 is 1.75 bits per heavy atom. The fraction of sp³-hybridized carbons (Fsp3) is 0.143. The van der Waals surface area contributed by atoms with Gasteiger partial charge in [-0.05, 0) is 42.3 Å². The first kappa shape index (κ1) is 23.8. The third kappa shape index (κ3) is 6.10. The quantitative estimate of drug-likeness (QED) is 0.439. The number of hydrogen-bond acceptors (Lipinski definition) is 6. The number of carbonyl (C=O) groups is 1. The number of carbonyl (C=O) groups excluding carboxylic acids is 1. The summed E-state index contributed by atoms with van der Waals surface area (Å²) in [5.41, 5.74) is 7.57. The Kier molecular flexibility index (Phi) is 7.57. The molecular formula is C21H20Cl2N4O4S. The van der Waals surface area contributed by atoms with Crippen LogP contribution in [0.1, 0.15) is 21.5 Å². The number of hydrogen-bond donors (Lipinski definition) is 3. The van der Waals surface area contributed by atoms with Crippen molar-refractivity contribution in [2.75, 3.05) is 12.3 Å². The largest absolute Gasteiger partial charge is 0.485 e. The molecule has 0 fully saturated rings. The fourth-order valence-electron chi connectivity index (χ4n) is 2.78. The number of anilines is 1. The Morgan fingerprint density at radius 3 is 2.38 bits per heavy atom. The van der Waals surface area contributed by atoms with E-state index in [2.05, 4.69) is 10.3 Å². The van der Waals surface area contributed by atoms with Crippen molar-refractivity contribution in [1.82, 2.24) is 10.3 Å².